The van der Waals surface area contributed by atoms with Crippen LogP contribution in [0.1, 0.15) is 36.5 Å². The molecule has 2 N–H and O–H groups in total. The zero-order chi connectivity index (χ0) is 19.2. The van der Waals surface area contributed by atoms with Gasteiger partial charge in [0.25, 0.3) is 0 Å². The molecule has 0 spiro atoms. The minimum Gasteiger partial charge on any atom is -0.445 e. The van der Waals surface area contributed by atoms with E-state index in [2.05, 4.69) is 11.1 Å². The molecular formula is C20H18ClN3O2. The molecule has 6 heteroatoms. The fourth-order valence-electron chi connectivity index (χ4n) is 3.33. The zero-order valence-electron chi connectivity index (χ0n) is 15.0. The van der Waals surface area contributed by atoms with Crippen LogP contribution in [0.4, 0.5) is 0 Å². The lowest BCUT2D eigenvalue weighted by molar-refractivity contribution is -0.114. The molecule has 1 atom stereocenters. The third-order valence-corrected chi connectivity index (χ3v) is 5.09. The van der Waals surface area contributed by atoms with Crippen LogP contribution in [0.2, 0.25) is 5.15 Å². The predicted octanol–water partition coefficient (Wildman–Crippen LogP) is 4.18. The topological polar surface area (TPSA) is 89.0 Å². The van der Waals surface area contributed by atoms with Crippen LogP contribution in [0.25, 0.3) is 10.9 Å². The Morgan fingerprint density at radius 2 is 2.04 bits per heavy atom. The van der Waals surface area contributed by atoms with E-state index in [1.54, 1.807) is 6.92 Å². The van der Waals surface area contributed by atoms with Crippen LogP contribution in [-0.2, 0) is 9.53 Å². The van der Waals surface area contributed by atoms with Gasteiger partial charge in [-0.15, -0.1) is 0 Å². The zero-order valence-corrected chi connectivity index (χ0v) is 15.7. The normalized spacial score (nSPS) is 17.3. The standard InChI is InChI=1S/C20H18ClN3O2/c1-9-5-6-13-7-14(19(21)24-18(13)10(9)2)17-15(8-22)20(23)26-12(4)16(17)11(3)25/h5-7,17H,23H2,1-4H3. The summed E-state index contributed by atoms with van der Waals surface area (Å²) in [5, 5.41) is 10.7. The summed E-state index contributed by atoms with van der Waals surface area (Å²) in [7, 11) is 0. The third kappa shape index (κ3) is 2.73. The Bertz CT molecular complexity index is 1060. The van der Waals surface area contributed by atoms with Gasteiger partial charge in [-0.05, 0) is 44.9 Å². The Morgan fingerprint density at radius 1 is 1.35 bits per heavy atom. The van der Waals surface area contributed by atoms with Crippen molar-refractivity contribution >= 4 is 28.3 Å². The number of hydrogen-bond acceptors (Lipinski definition) is 5. The average molecular weight is 368 g/mol. The number of nitrogens with two attached hydrogens (primary N) is 1. The summed E-state index contributed by atoms with van der Waals surface area (Å²) < 4.78 is 5.41. The number of benzene rings is 1. The summed E-state index contributed by atoms with van der Waals surface area (Å²) in [6, 6.07) is 7.88. The van der Waals surface area contributed by atoms with E-state index in [4.69, 9.17) is 22.1 Å². The molecule has 2 aromatic rings. The van der Waals surface area contributed by atoms with Crippen molar-refractivity contribution in [3.63, 3.8) is 0 Å². The van der Waals surface area contributed by atoms with Crippen molar-refractivity contribution in [2.75, 3.05) is 0 Å². The lowest BCUT2D eigenvalue weighted by atomic mass is 9.81. The van der Waals surface area contributed by atoms with E-state index in [1.807, 2.05) is 32.0 Å². The SMILES string of the molecule is CC(=O)C1=C(C)OC(N)=C(C#N)C1c1cc2ccc(C)c(C)c2nc1Cl. The molecule has 0 saturated carbocycles. The number of aryl methyl sites for hydroxylation is 2. The van der Waals surface area contributed by atoms with Gasteiger partial charge in [0, 0.05) is 16.5 Å². The van der Waals surface area contributed by atoms with Crippen molar-refractivity contribution in [2.24, 2.45) is 5.73 Å². The maximum atomic E-state index is 12.3. The molecular weight excluding hydrogens is 350 g/mol. The Hall–Kier alpha value is -2.84. The fourth-order valence-corrected chi connectivity index (χ4v) is 3.57. The van der Waals surface area contributed by atoms with Crippen molar-refractivity contribution < 1.29 is 9.53 Å². The minimum atomic E-state index is -0.697. The average Bonchev–Trinajstić information content (AvgIpc) is 2.57. The second kappa shape index (κ2) is 6.47. The Kier molecular flexibility index (Phi) is 4.47. The molecule has 0 radical (unpaired) electrons. The molecule has 1 aliphatic rings. The van der Waals surface area contributed by atoms with Crippen molar-refractivity contribution in [3.05, 3.63) is 62.8 Å². The molecule has 1 aromatic heterocycles. The molecule has 3 rings (SSSR count). The van der Waals surface area contributed by atoms with Crippen LogP contribution >= 0.6 is 11.6 Å². The molecule has 1 unspecified atom stereocenters. The smallest absolute Gasteiger partial charge is 0.205 e. The van der Waals surface area contributed by atoms with E-state index in [0.717, 1.165) is 22.0 Å². The van der Waals surface area contributed by atoms with Crippen molar-refractivity contribution in [1.82, 2.24) is 4.98 Å². The van der Waals surface area contributed by atoms with E-state index in [9.17, 15) is 10.1 Å². The summed E-state index contributed by atoms with van der Waals surface area (Å²) in [5.41, 5.74) is 9.94. The van der Waals surface area contributed by atoms with Crippen LogP contribution in [-0.4, -0.2) is 10.8 Å². The van der Waals surface area contributed by atoms with E-state index in [1.165, 1.54) is 6.92 Å². The largest absolute Gasteiger partial charge is 0.445 e. The Balaban J connectivity index is 2.33. The number of Topliss-reactive ketones (excluding diaryl/α,β-unsaturated/α-hetero) is 1. The van der Waals surface area contributed by atoms with Crippen LogP contribution in [0.15, 0.2) is 41.0 Å². The Labute approximate surface area is 156 Å². The number of pyridine rings is 1. The first-order chi connectivity index (χ1) is 12.3. The number of nitriles is 1. The van der Waals surface area contributed by atoms with Gasteiger partial charge in [0.05, 0.1) is 11.4 Å². The number of allylic oxidation sites excluding steroid dienone is 3. The van der Waals surface area contributed by atoms with Gasteiger partial charge in [-0.3, -0.25) is 4.79 Å². The summed E-state index contributed by atoms with van der Waals surface area (Å²) in [6.07, 6.45) is 0. The first-order valence-electron chi connectivity index (χ1n) is 8.11. The Morgan fingerprint density at radius 3 is 2.65 bits per heavy atom. The highest BCUT2D eigenvalue weighted by Crippen LogP contribution is 2.42. The van der Waals surface area contributed by atoms with Crippen molar-refractivity contribution in [3.8, 4) is 6.07 Å². The lowest BCUT2D eigenvalue weighted by Gasteiger charge is -2.27. The first kappa shape index (κ1) is 18.0. The van der Waals surface area contributed by atoms with Gasteiger partial charge in [0.15, 0.2) is 5.78 Å². The quantitative estimate of drug-likeness (QED) is 0.804. The number of hydrogen-bond donors (Lipinski definition) is 1. The maximum Gasteiger partial charge on any atom is 0.205 e. The fraction of sp³-hybridized carbons (Fsp3) is 0.250. The first-order valence-corrected chi connectivity index (χ1v) is 8.49. The number of ketones is 1. The number of carbonyl (C=O) groups excluding carboxylic acids is 1. The van der Waals surface area contributed by atoms with Gasteiger partial charge < -0.3 is 10.5 Å². The van der Waals surface area contributed by atoms with E-state index >= 15 is 0 Å². The van der Waals surface area contributed by atoms with E-state index < -0.39 is 5.92 Å². The highest BCUT2D eigenvalue weighted by atomic mass is 35.5. The van der Waals surface area contributed by atoms with Gasteiger partial charge in [0.1, 0.15) is 22.6 Å². The molecule has 0 amide bonds. The van der Waals surface area contributed by atoms with Gasteiger partial charge in [-0.2, -0.15) is 5.26 Å². The van der Waals surface area contributed by atoms with Gasteiger partial charge in [0.2, 0.25) is 5.88 Å². The lowest BCUT2D eigenvalue weighted by Crippen LogP contribution is -2.23. The summed E-state index contributed by atoms with van der Waals surface area (Å²) in [5.74, 6) is -0.548. The minimum absolute atomic E-state index is 0.0174. The molecule has 1 aliphatic heterocycles. The number of rotatable bonds is 2. The molecule has 26 heavy (non-hydrogen) atoms. The molecule has 1 aromatic carbocycles. The molecule has 2 heterocycles. The van der Waals surface area contributed by atoms with Crippen LogP contribution in [0, 0.1) is 25.2 Å². The molecule has 5 nitrogen and oxygen atoms in total. The van der Waals surface area contributed by atoms with Gasteiger partial charge in [-0.1, -0.05) is 23.7 Å². The second-order valence-electron chi connectivity index (χ2n) is 6.40. The number of carbonyl (C=O) groups is 1. The molecule has 0 aliphatic carbocycles. The van der Waals surface area contributed by atoms with Crippen LogP contribution in [0.5, 0.6) is 0 Å². The molecule has 0 saturated heterocycles. The van der Waals surface area contributed by atoms with Gasteiger partial charge >= 0.3 is 0 Å². The van der Waals surface area contributed by atoms with E-state index in [-0.39, 0.29) is 22.4 Å². The van der Waals surface area contributed by atoms with Crippen LogP contribution < -0.4 is 5.73 Å². The number of nitrogens with zero attached hydrogens (tertiary/aromatic N) is 2. The van der Waals surface area contributed by atoms with Crippen molar-refractivity contribution in [1.29, 1.82) is 5.26 Å². The summed E-state index contributed by atoms with van der Waals surface area (Å²) in [4.78, 5) is 16.8. The van der Waals surface area contributed by atoms with Crippen molar-refractivity contribution in [2.45, 2.75) is 33.6 Å². The van der Waals surface area contributed by atoms with Crippen LogP contribution in [0.3, 0.4) is 0 Å². The maximum absolute atomic E-state index is 12.3. The number of fused-ring (bicyclic) bond motifs is 1. The highest BCUT2D eigenvalue weighted by molar-refractivity contribution is 6.31. The number of aromatic nitrogens is 1. The number of halogens is 1. The number of ether oxygens (including phenoxy) is 1. The van der Waals surface area contributed by atoms with Gasteiger partial charge in [-0.25, -0.2) is 4.98 Å². The second-order valence-corrected chi connectivity index (χ2v) is 6.76. The third-order valence-electron chi connectivity index (χ3n) is 4.79. The molecule has 0 bridgehead atoms. The predicted molar refractivity (Wildman–Crippen MR) is 100 cm³/mol. The van der Waals surface area contributed by atoms with E-state index in [0.29, 0.717) is 16.9 Å². The summed E-state index contributed by atoms with van der Waals surface area (Å²) in [6.45, 7) is 7.08. The monoisotopic (exact) mass is 367 g/mol. The molecule has 0 fully saturated rings. The summed E-state index contributed by atoms with van der Waals surface area (Å²) >= 11 is 6.49. The molecule has 132 valence electrons. The highest BCUT2D eigenvalue weighted by Gasteiger charge is 2.35.